The van der Waals surface area contributed by atoms with Crippen molar-refractivity contribution in [3.8, 4) is 0 Å². The molecule has 1 saturated carbocycles. The highest BCUT2D eigenvalue weighted by Crippen LogP contribution is 2.21. The number of hydrogen-bond acceptors (Lipinski definition) is 3. The number of likely N-dealkylation sites (tertiary alicyclic amines) is 1. The summed E-state index contributed by atoms with van der Waals surface area (Å²) in [5.41, 5.74) is 0. The smallest absolute Gasteiger partial charge is 0.317 e. The lowest BCUT2D eigenvalue weighted by molar-refractivity contribution is -0.127. The zero-order valence-electron chi connectivity index (χ0n) is 14.2. The Morgan fingerprint density at radius 2 is 1.83 bits per heavy atom. The van der Waals surface area contributed by atoms with Crippen molar-refractivity contribution in [2.24, 2.45) is 0 Å². The molecule has 0 radical (unpaired) electrons. The van der Waals surface area contributed by atoms with Crippen LogP contribution in [0.15, 0.2) is 0 Å². The van der Waals surface area contributed by atoms with Crippen LogP contribution in [0.5, 0.6) is 0 Å². The van der Waals surface area contributed by atoms with E-state index >= 15 is 0 Å². The Morgan fingerprint density at radius 3 is 2.43 bits per heavy atom. The Hall–Kier alpha value is -1.30. The third-order valence-corrected chi connectivity index (χ3v) is 5.71. The van der Waals surface area contributed by atoms with E-state index in [9.17, 15) is 9.59 Å². The number of hydrogen-bond donors (Lipinski definition) is 2. The largest absolute Gasteiger partial charge is 0.352 e. The molecule has 6 heteroatoms. The summed E-state index contributed by atoms with van der Waals surface area (Å²) in [5, 5.41) is 6.11. The highest BCUT2D eigenvalue weighted by atomic mass is 16.2. The van der Waals surface area contributed by atoms with Crippen LogP contribution >= 0.6 is 0 Å². The lowest BCUT2D eigenvalue weighted by Crippen LogP contribution is -2.53. The number of rotatable bonds is 4. The van der Waals surface area contributed by atoms with Gasteiger partial charge in [0.25, 0.3) is 0 Å². The molecule has 0 unspecified atom stereocenters. The summed E-state index contributed by atoms with van der Waals surface area (Å²) in [7, 11) is 0. The zero-order valence-corrected chi connectivity index (χ0v) is 14.2. The van der Waals surface area contributed by atoms with Crippen LogP contribution in [0.3, 0.4) is 0 Å². The molecule has 3 rings (SSSR count). The second-order valence-electron chi connectivity index (χ2n) is 7.21. The standard InChI is InChI=1S/C17H30N4O2/c1-13(16(22)19-14-5-3-2-4-6-14)20-10-7-15(8-11-20)21-12-9-18-17(21)23/h13-15H,2-12H2,1H3,(H,18,23)(H,19,22)/t13-/m0/s1. The van der Waals surface area contributed by atoms with Crippen molar-refractivity contribution in [2.45, 2.75) is 70.0 Å². The van der Waals surface area contributed by atoms with Crippen molar-refractivity contribution in [3.63, 3.8) is 0 Å². The average molecular weight is 322 g/mol. The van der Waals surface area contributed by atoms with Gasteiger partial charge in [-0.05, 0) is 32.6 Å². The summed E-state index contributed by atoms with van der Waals surface area (Å²) in [5.74, 6) is 0.175. The van der Waals surface area contributed by atoms with Crippen molar-refractivity contribution >= 4 is 11.9 Å². The topological polar surface area (TPSA) is 64.7 Å². The number of nitrogens with one attached hydrogen (secondary N) is 2. The predicted octanol–water partition coefficient (Wildman–Crippen LogP) is 1.31. The van der Waals surface area contributed by atoms with E-state index in [-0.39, 0.29) is 18.0 Å². The molecule has 0 aromatic carbocycles. The van der Waals surface area contributed by atoms with Crippen LogP contribution in [0.25, 0.3) is 0 Å². The van der Waals surface area contributed by atoms with Gasteiger partial charge in [-0.25, -0.2) is 4.79 Å². The number of nitrogens with zero attached hydrogens (tertiary/aromatic N) is 2. The SMILES string of the molecule is C[C@@H](C(=O)NC1CCCCC1)N1CCC(N2CCNC2=O)CC1. The first kappa shape index (κ1) is 16.6. The van der Waals surface area contributed by atoms with Crippen LogP contribution < -0.4 is 10.6 Å². The minimum Gasteiger partial charge on any atom is -0.352 e. The minimum absolute atomic E-state index is 0.0646. The third-order valence-electron chi connectivity index (χ3n) is 5.71. The molecule has 6 nitrogen and oxygen atoms in total. The fourth-order valence-corrected chi connectivity index (χ4v) is 4.15. The van der Waals surface area contributed by atoms with E-state index < -0.39 is 0 Å². The van der Waals surface area contributed by atoms with E-state index in [1.807, 2.05) is 11.8 Å². The molecule has 130 valence electrons. The van der Waals surface area contributed by atoms with E-state index in [4.69, 9.17) is 0 Å². The number of piperidine rings is 1. The Bertz CT molecular complexity index is 428. The quantitative estimate of drug-likeness (QED) is 0.820. The third kappa shape index (κ3) is 3.97. The molecule has 1 atom stereocenters. The molecule has 3 amide bonds. The molecular formula is C17H30N4O2. The molecule has 2 N–H and O–H groups in total. The summed E-state index contributed by atoms with van der Waals surface area (Å²) in [6, 6.07) is 0.726. The van der Waals surface area contributed by atoms with Gasteiger partial charge >= 0.3 is 6.03 Å². The fourth-order valence-electron chi connectivity index (χ4n) is 4.15. The molecular weight excluding hydrogens is 292 g/mol. The van der Waals surface area contributed by atoms with Gasteiger partial charge in [0.15, 0.2) is 0 Å². The van der Waals surface area contributed by atoms with Gasteiger partial charge in [0.2, 0.25) is 5.91 Å². The van der Waals surface area contributed by atoms with E-state index in [1.165, 1.54) is 19.3 Å². The Labute approximate surface area is 139 Å². The van der Waals surface area contributed by atoms with E-state index in [2.05, 4.69) is 15.5 Å². The summed E-state index contributed by atoms with van der Waals surface area (Å²) in [6.07, 6.45) is 7.98. The van der Waals surface area contributed by atoms with Crippen LogP contribution in [-0.2, 0) is 4.79 Å². The second kappa shape index (κ2) is 7.51. The predicted molar refractivity (Wildman–Crippen MR) is 89.2 cm³/mol. The second-order valence-corrected chi connectivity index (χ2v) is 7.21. The van der Waals surface area contributed by atoms with Crippen molar-refractivity contribution in [3.05, 3.63) is 0 Å². The van der Waals surface area contributed by atoms with Gasteiger partial charge < -0.3 is 15.5 Å². The first-order valence-electron chi connectivity index (χ1n) is 9.24. The first-order chi connectivity index (χ1) is 11.1. The van der Waals surface area contributed by atoms with Crippen LogP contribution in [0.2, 0.25) is 0 Å². The first-order valence-corrected chi connectivity index (χ1v) is 9.24. The van der Waals surface area contributed by atoms with Crippen molar-refractivity contribution in [1.29, 1.82) is 0 Å². The van der Waals surface area contributed by atoms with Crippen LogP contribution in [-0.4, -0.2) is 66.0 Å². The Morgan fingerprint density at radius 1 is 1.13 bits per heavy atom. The van der Waals surface area contributed by atoms with Gasteiger partial charge in [-0.15, -0.1) is 0 Å². The maximum atomic E-state index is 12.5. The molecule has 3 fully saturated rings. The van der Waals surface area contributed by atoms with Crippen molar-refractivity contribution in [1.82, 2.24) is 20.4 Å². The van der Waals surface area contributed by atoms with E-state index in [0.29, 0.717) is 12.1 Å². The molecule has 0 aromatic rings. The number of carbonyl (C=O) groups is 2. The van der Waals surface area contributed by atoms with Crippen LogP contribution in [0, 0.1) is 0 Å². The average Bonchev–Trinajstić information content (AvgIpc) is 3.01. The van der Waals surface area contributed by atoms with Gasteiger partial charge in [-0.1, -0.05) is 19.3 Å². The molecule has 0 spiro atoms. The Balaban J connectivity index is 1.44. The molecule has 0 bridgehead atoms. The van der Waals surface area contributed by atoms with Gasteiger partial charge in [0.1, 0.15) is 0 Å². The van der Waals surface area contributed by atoms with Gasteiger partial charge in [-0.3, -0.25) is 9.69 Å². The van der Waals surface area contributed by atoms with Crippen LogP contribution in [0.1, 0.15) is 51.9 Å². The van der Waals surface area contributed by atoms with Crippen molar-refractivity contribution in [2.75, 3.05) is 26.2 Å². The lowest BCUT2D eigenvalue weighted by atomic mass is 9.95. The highest BCUT2D eigenvalue weighted by molar-refractivity contribution is 5.81. The summed E-state index contributed by atoms with van der Waals surface area (Å²) in [4.78, 5) is 28.5. The zero-order chi connectivity index (χ0) is 16.2. The number of urea groups is 1. The fraction of sp³-hybridized carbons (Fsp3) is 0.882. The normalized spacial score (nSPS) is 26.1. The molecule has 3 aliphatic rings. The number of carbonyl (C=O) groups excluding carboxylic acids is 2. The van der Waals surface area contributed by atoms with Gasteiger partial charge in [0, 0.05) is 38.3 Å². The van der Waals surface area contributed by atoms with Gasteiger partial charge in [-0.2, -0.15) is 0 Å². The monoisotopic (exact) mass is 322 g/mol. The summed E-state index contributed by atoms with van der Waals surface area (Å²) >= 11 is 0. The van der Waals surface area contributed by atoms with Crippen molar-refractivity contribution < 1.29 is 9.59 Å². The Kier molecular flexibility index (Phi) is 5.41. The van der Waals surface area contributed by atoms with Crippen LogP contribution in [0.4, 0.5) is 4.79 Å². The lowest BCUT2D eigenvalue weighted by Gasteiger charge is -2.38. The maximum Gasteiger partial charge on any atom is 0.317 e. The maximum absolute atomic E-state index is 12.5. The molecule has 2 aliphatic heterocycles. The summed E-state index contributed by atoms with van der Waals surface area (Å²) in [6.45, 7) is 5.39. The highest BCUT2D eigenvalue weighted by Gasteiger charge is 2.33. The minimum atomic E-state index is -0.0646. The molecule has 2 saturated heterocycles. The summed E-state index contributed by atoms with van der Waals surface area (Å²) < 4.78 is 0. The molecule has 1 aliphatic carbocycles. The molecule has 0 aromatic heterocycles. The number of amides is 3. The van der Waals surface area contributed by atoms with E-state index in [0.717, 1.165) is 51.9 Å². The van der Waals surface area contributed by atoms with Gasteiger partial charge in [0.05, 0.1) is 6.04 Å². The molecule has 2 heterocycles. The molecule has 23 heavy (non-hydrogen) atoms. The van der Waals surface area contributed by atoms with E-state index in [1.54, 1.807) is 0 Å².